The highest BCUT2D eigenvalue weighted by molar-refractivity contribution is 5.93. The van der Waals surface area contributed by atoms with Gasteiger partial charge >= 0.3 is 12.2 Å². The monoisotopic (exact) mass is 569 g/mol. The van der Waals surface area contributed by atoms with Crippen LogP contribution in [-0.2, 0) is 9.47 Å². The van der Waals surface area contributed by atoms with Crippen LogP contribution in [0.25, 0.3) is 22.2 Å². The Morgan fingerprint density at radius 1 is 0.881 bits per heavy atom. The van der Waals surface area contributed by atoms with Gasteiger partial charge in [-0.25, -0.2) is 9.59 Å². The van der Waals surface area contributed by atoms with Crippen LogP contribution in [0.3, 0.4) is 0 Å². The molecule has 0 aliphatic heterocycles. The van der Waals surface area contributed by atoms with E-state index in [-0.39, 0.29) is 12.5 Å². The number of carbonyl (C=O) groups is 3. The summed E-state index contributed by atoms with van der Waals surface area (Å²) in [5.41, 5.74) is 5.01. The highest BCUT2D eigenvalue weighted by Gasteiger charge is 2.30. The van der Waals surface area contributed by atoms with E-state index in [1.54, 1.807) is 39.0 Å². The second kappa shape index (κ2) is 12.4. The first-order valence-electron chi connectivity index (χ1n) is 14.1. The zero-order valence-corrected chi connectivity index (χ0v) is 24.0. The Kier molecular flexibility index (Phi) is 8.51. The van der Waals surface area contributed by atoms with Gasteiger partial charge < -0.3 is 20.1 Å². The molecule has 1 aliphatic carbocycles. The normalized spacial score (nSPS) is 13.2. The lowest BCUT2D eigenvalue weighted by Crippen LogP contribution is -2.44. The molecule has 10 nitrogen and oxygen atoms in total. The molecule has 0 spiro atoms. The predicted octanol–water partition coefficient (Wildman–Crippen LogP) is 5.67. The first-order valence-corrected chi connectivity index (χ1v) is 14.1. The molecule has 42 heavy (non-hydrogen) atoms. The number of carbonyl (C=O) groups excluding carboxylic acids is 3. The molecule has 1 atom stereocenters. The van der Waals surface area contributed by atoms with Crippen LogP contribution in [0, 0.1) is 0 Å². The van der Waals surface area contributed by atoms with Crippen molar-refractivity contribution in [2.45, 2.75) is 57.6 Å². The van der Waals surface area contributed by atoms with E-state index < -0.39 is 29.7 Å². The number of hydrogen-bond acceptors (Lipinski definition) is 7. The summed E-state index contributed by atoms with van der Waals surface area (Å²) < 4.78 is 12.2. The maximum atomic E-state index is 13.6. The van der Waals surface area contributed by atoms with Gasteiger partial charge in [0.15, 0.2) is 0 Å². The first-order chi connectivity index (χ1) is 20.2. The van der Waals surface area contributed by atoms with Gasteiger partial charge in [-0.3, -0.25) is 4.79 Å². The molecule has 0 bridgehead atoms. The topological polar surface area (TPSA) is 124 Å². The minimum Gasteiger partial charge on any atom is -0.449 e. The summed E-state index contributed by atoms with van der Waals surface area (Å²) in [5, 5.41) is 13.6. The summed E-state index contributed by atoms with van der Waals surface area (Å²) in [6.07, 6.45) is 0.246. The van der Waals surface area contributed by atoms with E-state index in [9.17, 15) is 14.4 Å². The van der Waals surface area contributed by atoms with E-state index in [1.807, 2.05) is 30.3 Å². The van der Waals surface area contributed by atoms with E-state index in [0.29, 0.717) is 36.8 Å². The highest BCUT2D eigenvalue weighted by atomic mass is 16.6. The fourth-order valence-electron chi connectivity index (χ4n) is 5.20. The molecule has 3 aromatic carbocycles. The standard InChI is InChI=1S/C32H35N5O5/c1-32(2,3)42-30(39)33-19-11-10-17-27(29(38)37-28-18-9-8-16-26(28)35-36-37)34-31(40)41-20-25-23-14-6-4-12-21(23)22-13-5-7-15-24(22)25/h4-9,12-16,18,25,27H,10-11,17,19-20H2,1-3H3,(H,33,39)(H,34,40)/t27-/m1/s1. The lowest BCUT2D eigenvalue weighted by molar-refractivity contribution is 0.0526. The SMILES string of the molecule is CC(C)(C)OC(=O)NCCCC[C@@H](NC(=O)OCC1c2ccccc2-c2ccccc21)C(=O)n1nnc2ccccc21. The van der Waals surface area contributed by atoms with E-state index in [2.05, 4.69) is 45.2 Å². The van der Waals surface area contributed by atoms with Crippen LogP contribution in [0.2, 0.25) is 0 Å². The van der Waals surface area contributed by atoms with Crippen molar-refractivity contribution in [2.24, 2.45) is 0 Å². The van der Waals surface area contributed by atoms with Gasteiger partial charge in [-0.1, -0.05) is 65.9 Å². The summed E-state index contributed by atoms with van der Waals surface area (Å²) >= 11 is 0. The van der Waals surface area contributed by atoms with Gasteiger partial charge in [-0.15, -0.1) is 5.10 Å². The molecule has 10 heteroatoms. The second-order valence-corrected chi connectivity index (χ2v) is 11.3. The molecule has 5 rings (SSSR count). The van der Waals surface area contributed by atoms with Gasteiger partial charge in [-0.2, -0.15) is 4.68 Å². The van der Waals surface area contributed by atoms with Gasteiger partial charge in [0.05, 0.1) is 5.52 Å². The summed E-state index contributed by atoms with van der Waals surface area (Å²) in [7, 11) is 0. The largest absolute Gasteiger partial charge is 0.449 e. The summed E-state index contributed by atoms with van der Waals surface area (Å²) in [6.45, 7) is 5.89. The molecule has 0 fully saturated rings. The number of alkyl carbamates (subject to hydrolysis) is 2. The number of amides is 2. The number of rotatable bonds is 9. The maximum Gasteiger partial charge on any atom is 0.407 e. The molecular formula is C32H35N5O5. The zero-order chi connectivity index (χ0) is 29.7. The number of nitrogens with zero attached hydrogens (tertiary/aromatic N) is 3. The number of unbranched alkanes of at least 4 members (excludes halogenated alkanes) is 1. The molecule has 1 aromatic heterocycles. The predicted molar refractivity (Wildman–Crippen MR) is 158 cm³/mol. The Bertz CT molecular complexity index is 1550. The van der Waals surface area contributed by atoms with Gasteiger partial charge in [0.1, 0.15) is 23.8 Å². The van der Waals surface area contributed by atoms with E-state index >= 15 is 0 Å². The molecule has 2 N–H and O–H groups in total. The van der Waals surface area contributed by atoms with E-state index in [4.69, 9.17) is 9.47 Å². The third-order valence-corrected chi connectivity index (χ3v) is 7.08. The molecule has 0 saturated heterocycles. The second-order valence-electron chi connectivity index (χ2n) is 11.3. The minimum absolute atomic E-state index is 0.101. The molecule has 4 aromatic rings. The van der Waals surface area contributed by atoms with Crippen LogP contribution in [0.15, 0.2) is 72.8 Å². The number of hydrogen-bond donors (Lipinski definition) is 2. The van der Waals surface area contributed by atoms with Crippen molar-refractivity contribution < 1.29 is 23.9 Å². The summed E-state index contributed by atoms with van der Waals surface area (Å²) in [5.74, 6) is -0.521. The van der Waals surface area contributed by atoms with Crippen molar-refractivity contribution in [1.29, 1.82) is 0 Å². The van der Waals surface area contributed by atoms with Crippen LogP contribution in [0.4, 0.5) is 9.59 Å². The van der Waals surface area contributed by atoms with E-state index in [0.717, 1.165) is 22.3 Å². The molecule has 1 aliphatic rings. The van der Waals surface area contributed by atoms with Crippen LogP contribution in [0.1, 0.15) is 61.9 Å². The van der Waals surface area contributed by atoms with Crippen molar-refractivity contribution in [2.75, 3.05) is 13.2 Å². The molecule has 0 saturated carbocycles. The van der Waals surface area contributed by atoms with Gasteiger partial charge in [-0.05, 0) is 74.4 Å². The number of para-hydroxylation sites is 1. The van der Waals surface area contributed by atoms with Crippen molar-refractivity contribution in [3.05, 3.63) is 83.9 Å². The molecular weight excluding hydrogens is 534 g/mol. The van der Waals surface area contributed by atoms with Crippen LogP contribution in [-0.4, -0.2) is 57.9 Å². The summed E-state index contributed by atoms with van der Waals surface area (Å²) in [4.78, 5) is 38.6. The quantitative estimate of drug-likeness (QED) is 0.249. The summed E-state index contributed by atoms with van der Waals surface area (Å²) in [6, 6.07) is 22.4. The van der Waals surface area contributed by atoms with Crippen LogP contribution < -0.4 is 10.6 Å². The Labute approximate surface area is 244 Å². The lowest BCUT2D eigenvalue weighted by Gasteiger charge is -2.20. The van der Waals surface area contributed by atoms with Gasteiger partial charge in [0.2, 0.25) is 0 Å². The smallest absolute Gasteiger partial charge is 0.407 e. The maximum absolute atomic E-state index is 13.6. The Morgan fingerprint density at radius 2 is 1.52 bits per heavy atom. The van der Waals surface area contributed by atoms with Gasteiger partial charge in [0.25, 0.3) is 5.91 Å². The number of aromatic nitrogens is 3. The zero-order valence-electron chi connectivity index (χ0n) is 24.0. The fraction of sp³-hybridized carbons (Fsp3) is 0.344. The van der Waals surface area contributed by atoms with Crippen molar-refractivity contribution in [1.82, 2.24) is 25.6 Å². The minimum atomic E-state index is -0.910. The number of nitrogens with one attached hydrogen (secondary N) is 2. The Hall–Kier alpha value is -4.73. The molecule has 0 radical (unpaired) electrons. The third kappa shape index (κ3) is 6.59. The number of ether oxygens (including phenoxy) is 2. The average molecular weight is 570 g/mol. The average Bonchev–Trinajstić information content (AvgIpc) is 3.53. The first kappa shape index (κ1) is 28.8. The van der Waals surface area contributed by atoms with Gasteiger partial charge in [0, 0.05) is 12.5 Å². The fourth-order valence-corrected chi connectivity index (χ4v) is 5.20. The molecule has 1 heterocycles. The van der Waals surface area contributed by atoms with E-state index in [1.165, 1.54) is 4.68 Å². The van der Waals surface area contributed by atoms with Crippen molar-refractivity contribution in [3.8, 4) is 11.1 Å². The number of benzene rings is 3. The number of fused-ring (bicyclic) bond motifs is 4. The van der Waals surface area contributed by atoms with Crippen LogP contribution in [0.5, 0.6) is 0 Å². The third-order valence-electron chi connectivity index (χ3n) is 7.08. The molecule has 2 amide bonds. The molecule has 218 valence electrons. The Balaban J connectivity index is 1.24. The van der Waals surface area contributed by atoms with Crippen molar-refractivity contribution in [3.63, 3.8) is 0 Å². The highest BCUT2D eigenvalue weighted by Crippen LogP contribution is 2.44. The van der Waals surface area contributed by atoms with Crippen molar-refractivity contribution >= 4 is 29.1 Å². The molecule has 0 unspecified atom stereocenters. The Morgan fingerprint density at radius 3 is 2.21 bits per heavy atom. The lowest BCUT2D eigenvalue weighted by atomic mass is 9.98. The van der Waals surface area contributed by atoms with Crippen LogP contribution >= 0.6 is 0 Å².